The molecule has 1 heterocycles. The molecule has 0 amide bonds. The summed E-state index contributed by atoms with van der Waals surface area (Å²) in [5, 5.41) is 0.332. The number of ether oxygens (including phenoxy) is 2. The van der Waals surface area contributed by atoms with Crippen molar-refractivity contribution in [3.8, 4) is 5.75 Å². The smallest absolute Gasteiger partial charge is 0.430 e. The predicted molar refractivity (Wildman–Crippen MR) is 85.9 cm³/mol. The zero-order valence-corrected chi connectivity index (χ0v) is 14.4. The maximum atomic E-state index is 13.1. The van der Waals surface area contributed by atoms with Gasteiger partial charge in [-0.15, -0.1) is 12.6 Å². The molecule has 1 unspecified atom stereocenters. The maximum Gasteiger partial charge on any atom is 0.430 e. The molecule has 0 N–H and O–H groups in total. The van der Waals surface area contributed by atoms with Gasteiger partial charge in [-0.3, -0.25) is 0 Å². The van der Waals surface area contributed by atoms with E-state index in [1.807, 2.05) is 13.8 Å². The molecule has 0 saturated carbocycles. The molecule has 0 radical (unpaired) electrons. The molecule has 0 fully saturated rings. The number of carbonyl (C=O) groups is 1. The molecule has 2 rings (SSSR count). The Morgan fingerprint density at radius 2 is 2.00 bits per heavy atom. The normalized spacial score (nSPS) is 16.3. The SMILES string of the molecule is CC.Cc1cc(Cl)cc2c1OC(C(F)(F)F)C(C(=O)OCS)=C2. The van der Waals surface area contributed by atoms with Crippen molar-refractivity contribution >= 4 is 36.3 Å². The highest BCUT2D eigenvalue weighted by molar-refractivity contribution is 7.80. The molecule has 23 heavy (non-hydrogen) atoms. The lowest BCUT2D eigenvalue weighted by Crippen LogP contribution is -2.41. The van der Waals surface area contributed by atoms with E-state index in [0.717, 1.165) is 6.08 Å². The number of halogens is 4. The third kappa shape index (κ3) is 4.57. The first-order chi connectivity index (χ1) is 10.7. The van der Waals surface area contributed by atoms with Crippen LogP contribution < -0.4 is 4.74 Å². The third-order valence-corrected chi connectivity index (χ3v) is 3.17. The zero-order chi connectivity index (χ0) is 17.8. The minimum atomic E-state index is -4.74. The predicted octanol–water partition coefficient (Wildman–Crippen LogP) is 4.81. The van der Waals surface area contributed by atoms with Gasteiger partial charge in [0.25, 0.3) is 0 Å². The summed E-state index contributed by atoms with van der Waals surface area (Å²) in [5.74, 6) is -1.41. The molecule has 1 aliphatic heterocycles. The number of fused-ring (bicyclic) bond motifs is 1. The summed E-state index contributed by atoms with van der Waals surface area (Å²) >= 11 is 9.52. The second kappa shape index (κ2) is 7.97. The van der Waals surface area contributed by atoms with Crippen molar-refractivity contribution in [2.75, 3.05) is 5.94 Å². The van der Waals surface area contributed by atoms with Gasteiger partial charge < -0.3 is 9.47 Å². The lowest BCUT2D eigenvalue weighted by Gasteiger charge is -2.28. The van der Waals surface area contributed by atoms with E-state index in [9.17, 15) is 18.0 Å². The number of thiol groups is 1. The Labute approximate surface area is 142 Å². The Morgan fingerprint density at radius 1 is 1.39 bits per heavy atom. The van der Waals surface area contributed by atoms with Gasteiger partial charge >= 0.3 is 12.1 Å². The summed E-state index contributed by atoms with van der Waals surface area (Å²) in [4.78, 5) is 11.7. The van der Waals surface area contributed by atoms with E-state index >= 15 is 0 Å². The van der Waals surface area contributed by atoms with Crippen molar-refractivity contribution in [1.29, 1.82) is 0 Å². The largest absolute Gasteiger partial charge is 0.475 e. The average molecular weight is 369 g/mol. The Hall–Kier alpha value is -1.34. The second-order valence-corrected chi connectivity index (χ2v) is 5.04. The van der Waals surface area contributed by atoms with Gasteiger partial charge in [-0.1, -0.05) is 25.4 Å². The van der Waals surface area contributed by atoms with Crippen molar-refractivity contribution in [3.05, 3.63) is 33.9 Å². The van der Waals surface area contributed by atoms with E-state index in [-0.39, 0.29) is 11.7 Å². The van der Waals surface area contributed by atoms with Gasteiger partial charge in [-0.25, -0.2) is 4.79 Å². The number of aryl methyl sites for hydroxylation is 1. The van der Waals surface area contributed by atoms with Gasteiger partial charge in [-0.05, 0) is 30.7 Å². The van der Waals surface area contributed by atoms with Crippen LogP contribution in [-0.4, -0.2) is 24.2 Å². The number of hydrogen-bond donors (Lipinski definition) is 1. The highest BCUT2D eigenvalue weighted by atomic mass is 35.5. The van der Waals surface area contributed by atoms with E-state index in [1.54, 1.807) is 6.92 Å². The highest BCUT2D eigenvalue weighted by Crippen LogP contribution is 2.40. The second-order valence-electron chi connectivity index (χ2n) is 4.34. The van der Waals surface area contributed by atoms with Gasteiger partial charge in [0.15, 0.2) is 0 Å². The fraction of sp³-hybridized carbons (Fsp3) is 0.400. The molecule has 3 nitrogen and oxygen atoms in total. The van der Waals surface area contributed by atoms with Crippen LogP contribution in [0.25, 0.3) is 6.08 Å². The summed E-state index contributed by atoms with van der Waals surface area (Å²) < 4.78 is 48.7. The Balaban J connectivity index is 0.00000127. The topological polar surface area (TPSA) is 35.5 Å². The van der Waals surface area contributed by atoms with Gasteiger partial charge in [-0.2, -0.15) is 13.2 Å². The number of hydrogen-bond acceptors (Lipinski definition) is 4. The maximum absolute atomic E-state index is 13.1. The van der Waals surface area contributed by atoms with E-state index in [2.05, 4.69) is 17.4 Å². The summed E-state index contributed by atoms with van der Waals surface area (Å²) in [6.07, 6.45) is -6.04. The van der Waals surface area contributed by atoms with E-state index in [4.69, 9.17) is 16.3 Å². The molecule has 0 bridgehead atoms. The average Bonchev–Trinajstić information content (AvgIpc) is 2.47. The Kier molecular flexibility index (Phi) is 6.83. The van der Waals surface area contributed by atoms with Gasteiger partial charge in [0.05, 0.1) is 5.57 Å². The van der Waals surface area contributed by atoms with Gasteiger partial charge in [0, 0.05) is 10.6 Å². The molecule has 1 aliphatic rings. The minimum absolute atomic E-state index is 0.0455. The minimum Gasteiger partial charge on any atom is -0.475 e. The number of carbonyl (C=O) groups excluding carboxylic acids is 1. The fourth-order valence-electron chi connectivity index (χ4n) is 2.00. The van der Waals surface area contributed by atoms with Crippen LogP contribution in [0, 0.1) is 6.92 Å². The number of alkyl halides is 3. The quantitative estimate of drug-likeness (QED) is 0.462. The number of benzene rings is 1. The fourth-order valence-corrected chi connectivity index (χ4v) is 2.40. The van der Waals surface area contributed by atoms with Crippen molar-refractivity contribution in [1.82, 2.24) is 0 Å². The first-order valence-electron chi connectivity index (χ1n) is 6.77. The third-order valence-electron chi connectivity index (χ3n) is 2.83. The Bertz CT molecular complexity index is 615. The van der Waals surface area contributed by atoms with Crippen LogP contribution in [0.15, 0.2) is 17.7 Å². The summed E-state index contributed by atoms with van der Waals surface area (Å²) in [6.45, 7) is 5.57. The number of esters is 1. The molecule has 1 aromatic rings. The monoisotopic (exact) mass is 368 g/mol. The van der Waals surface area contributed by atoms with Crippen molar-refractivity contribution in [2.24, 2.45) is 0 Å². The molecule has 8 heteroatoms. The van der Waals surface area contributed by atoms with Crippen LogP contribution in [0.3, 0.4) is 0 Å². The lowest BCUT2D eigenvalue weighted by molar-refractivity contribution is -0.187. The molecule has 128 valence electrons. The van der Waals surface area contributed by atoms with Crippen LogP contribution >= 0.6 is 24.2 Å². The molecule has 1 aromatic carbocycles. The molecule has 0 saturated heterocycles. The van der Waals surface area contributed by atoms with Gasteiger partial charge in [0.2, 0.25) is 6.10 Å². The molecule has 0 spiro atoms. The molecule has 0 aromatic heterocycles. The molecule has 0 aliphatic carbocycles. The summed E-state index contributed by atoms with van der Waals surface area (Å²) in [5.41, 5.74) is 0.113. The van der Waals surface area contributed by atoms with Crippen molar-refractivity contribution in [2.45, 2.75) is 33.1 Å². The van der Waals surface area contributed by atoms with Crippen LogP contribution in [0.1, 0.15) is 25.0 Å². The van der Waals surface area contributed by atoms with E-state index in [0.29, 0.717) is 16.1 Å². The molecular weight excluding hydrogens is 353 g/mol. The first kappa shape index (κ1) is 19.7. The van der Waals surface area contributed by atoms with E-state index in [1.165, 1.54) is 12.1 Å². The standard InChI is InChI=1S/C13H10ClF3O3S.C2H6/c1-6-2-8(14)3-7-4-9(12(18)19-5-21)11(13(15,16)17)20-10(6)7;1-2/h2-4,11,21H,5H2,1H3;1-2H3. The van der Waals surface area contributed by atoms with E-state index < -0.39 is 23.8 Å². The van der Waals surface area contributed by atoms with Crippen LogP contribution in [-0.2, 0) is 9.53 Å². The van der Waals surface area contributed by atoms with Crippen LogP contribution in [0.2, 0.25) is 5.02 Å². The van der Waals surface area contributed by atoms with Gasteiger partial charge in [0.1, 0.15) is 11.7 Å². The highest BCUT2D eigenvalue weighted by Gasteiger charge is 2.49. The summed E-state index contributed by atoms with van der Waals surface area (Å²) in [6, 6.07) is 2.91. The molecular formula is C15H16ClF3O3S. The zero-order valence-electron chi connectivity index (χ0n) is 12.7. The van der Waals surface area contributed by atoms with Crippen LogP contribution in [0.4, 0.5) is 13.2 Å². The summed E-state index contributed by atoms with van der Waals surface area (Å²) in [7, 11) is 0. The molecule has 1 atom stereocenters. The lowest BCUT2D eigenvalue weighted by atomic mass is 9.99. The van der Waals surface area contributed by atoms with Crippen LogP contribution in [0.5, 0.6) is 5.75 Å². The number of rotatable bonds is 2. The van der Waals surface area contributed by atoms with Crippen molar-refractivity contribution in [3.63, 3.8) is 0 Å². The Morgan fingerprint density at radius 3 is 2.52 bits per heavy atom. The van der Waals surface area contributed by atoms with Crippen molar-refractivity contribution < 1.29 is 27.4 Å². The first-order valence-corrected chi connectivity index (χ1v) is 7.78.